The molecule has 1 aliphatic rings. The van der Waals surface area contributed by atoms with Crippen LogP contribution in [-0.4, -0.2) is 28.6 Å². The Balaban J connectivity index is 2.20. The monoisotopic (exact) mass is 276 g/mol. The highest BCUT2D eigenvalue weighted by Crippen LogP contribution is 2.25. The molecule has 1 aliphatic heterocycles. The third-order valence-electron chi connectivity index (χ3n) is 3.83. The first-order chi connectivity index (χ1) is 9.52. The van der Waals surface area contributed by atoms with Crippen LogP contribution in [0.1, 0.15) is 30.9 Å². The van der Waals surface area contributed by atoms with Gasteiger partial charge in [0.15, 0.2) is 0 Å². The number of nitrogens with zero attached hydrogens (tertiary/aromatic N) is 2. The molecule has 1 N–H and O–H groups in total. The molecule has 2 unspecified atom stereocenters. The standard InChI is InChI=1S/C15H17FN2O2/c1-10-5-6-18(13(7-10)15(19)20)9-12-4-2-3-11(8-17)14(12)16/h2-4,10,13H,5-7,9H2,1H3,(H,19,20). The predicted octanol–water partition coefficient (Wildman–Crippen LogP) is 2.38. The van der Waals surface area contributed by atoms with Crippen molar-refractivity contribution in [1.29, 1.82) is 5.26 Å². The third-order valence-corrected chi connectivity index (χ3v) is 3.83. The van der Waals surface area contributed by atoms with E-state index in [4.69, 9.17) is 5.26 Å². The Labute approximate surface area is 117 Å². The van der Waals surface area contributed by atoms with Gasteiger partial charge in [0.25, 0.3) is 0 Å². The van der Waals surface area contributed by atoms with Gasteiger partial charge >= 0.3 is 5.97 Å². The molecule has 4 nitrogen and oxygen atoms in total. The summed E-state index contributed by atoms with van der Waals surface area (Å²) in [5, 5.41) is 18.1. The molecule has 1 aromatic carbocycles. The van der Waals surface area contributed by atoms with E-state index in [-0.39, 0.29) is 12.1 Å². The van der Waals surface area contributed by atoms with Crippen molar-refractivity contribution in [3.63, 3.8) is 0 Å². The van der Waals surface area contributed by atoms with Gasteiger partial charge < -0.3 is 5.11 Å². The van der Waals surface area contributed by atoms with Gasteiger partial charge in [-0.2, -0.15) is 5.26 Å². The molecule has 1 saturated heterocycles. The average Bonchev–Trinajstić information content (AvgIpc) is 2.42. The van der Waals surface area contributed by atoms with Crippen LogP contribution in [0.5, 0.6) is 0 Å². The lowest BCUT2D eigenvalue weighted by Gasteiger charge is -2.36. The van der Waals surface area contributed by atoms with E-state index in [1.54, 1.807) is 23.1 Å². The fourth-order valence-corrected chi connectivity index (χ4v) is 2.64. The highest BCUT2D eigenvalue weighted by atomic mass is 19.1. The first-order valence-electron chi connectivity index (χ1n) is 6.67. The van der Waals surface area contributed by atoms with Crippen molar-refractivity contribution in [1.82, 2.24) is 4.90 Å². The Morgan fingerprint density at radius 3 is 3.00 bits per heavy atom. The molecule has 0 bridgehead atoms. The molecule has 0 radical (unpaired) electrons. The van der Waals surface area contributed by atoms with Gasteiger partial charge in [0, 0.05) is 12.1 Å². The van der Waals surface area contributed by atoms with Gasteiger partial charge in [-0.15, -0.1) is 0 Å². The molecule has 1 fully saturated rings. The van der Waals surface area contributed by atoms with Crippen LogP contribution in [0.15, 0.2) is 18.2 Å². The zero-order valence-electron chi connectivity index (χ0n) is 11.3. The number of carboxylic acids is 1. The Morgan fingerprint density at radius 2 is 2.35 bits per heavy atom. The molecule has 106 valence electrons. The van der Waals surface area contributed by atoms with Crippen LogP contribution >= 0.6 is 0 Å². The molecular formula is C15H17FN2O2. The number of carboxylic acid groups (broad SMARTS) is 1. The maximum Gasteiger partial charge on any atom is 0.320 e. The lowest BCUT2D eigenvalue weighted by Crippen LogP contribution is -2.46. The van der Waals surface area contributed by atoms with Gasteiger partial charge in [-0.05, 0) is 31.4 Å². The quantitative estimate of drug-likeness (QED) is 0.920. The van der Waals surface area contributed by atoms with E-state index in [1.165, 1.54) is 6.07 Å². The average molecular weight is 276 g/mol. The number of hydrogen-bond donors (Lipinski definition) is 1. The van der Waals surface area contributed by atoms with E-state index < -0.39 is 17.8 Å². The lowest BCUT2D eigenvalue weighted by molar-refractivity contribution is -0.145. The summed E-state index contributed by atoms with van der Waals surface area (Å²) in [4.78, 5) is 13.1. The minimum absolute atomic E-state index is 0.000229. The highest BCUT2D eigenvalue weighted by Gasteiger charge is 2.32. The van der Waals surface area contributed by atoms with Crippen LogP contribution in [0.4, 0.5) is 4.39 Å². The van der Waals surface area contributed by atoms with Crippen LogP contribution in [0.3, 0.4) is 0 Å². The van der Waals surface area contributed by atoms with Crippen LogP contribution < -0.4 is 0 Å². The molecule has 0 spiro atoms. The second kappa shape index (κ2) is 6.02. The van der Waals surface area contributed by atoms with E-state index in [0.717, 1.165) is 6.42 Å². The number of aliphatic carboxylic acids is 1. The fraction of sp³-hybridized carbons (Fsp3) is 0.467. The molecule has 20 heavy (non-hydrogen) atoms. The van der Waals surface area contributed by atoms with Crippen molar-refractivity contribution in [2.45, 2.75) is 32.4 Å². The summed E-state index contributed by atoms with van der Waals surface area (Å²) in [7, 11) is 0. The summed E-state index contributed by atoms with van der Waals surface area (Å²) >= 11 is 0. The van der Waals surface area contributed by atoms with Crippen LogP contribution in [-0.2, 0) is 11.3 Å². The molecule has 0 saturated carbocycles. The predicted molar refractivity (Wildman–Crippen MR) is 71.3 cm³/mol. The molecule has 0 aliphatic carbocycles. The Morgan fingerprint density at radius 1 is 1.60 bits per heavy atom. The van der Waals surface area contributed by atoms with Gasteiger partial charge in [-0.25, -0.2) is 4.39 Å². The van der Waals surface area contributed by atoms with Crippen molar-refractivity contribution in [3.8, 4) is 6.07 Å². The van der Waals surface area contributed by atoms with Gasteiger partial charge in [-0.3, -0.25) is 9.69 Å². The summed E-state index contributed by atoms with van der Waals surface area (Å²) in [6.07, 6.45) is 1.48. The molecular weight excluding hydrogens is 259 g/mol. The SMILES string of the molecule is CC1CCN(Cc2cccc(C#N)c2F)C(C(=O)O)C1. The number of rotatable bonds is 3. The van der Waals surface area contributed by atoms with Crippen LogP contribution in [0.2, 0.25) is 0 Å². The first-order valence-corrected chi connectivity index (χ1v) is 6.67. The summed E-state index contributed by atoms with van der Waals surface area (Å²) < 4.78 is 14.0. The molecule has 2 rings (SSSR count). The van der Waals surface area contributed by atoms with Crippen LogP contribution in [0, 0.1) is 23.1 Å². The molecule has 5 heteroatoms. The Bertz CT molecular complexity index is 553. The largest absolute Gasteiger partial charge is 0.480 e. The number of carbonyl (C=O) groups is 1. The number of halogens is 1. The number of nitriles is 1. The topological polar surface area (TPSA) is 64.3 Å². The molecule has 1 heterocycles. The summed E-state index contributed by atoms with van der Waals surface area (Å²) in [5.41, 5.74) is 0.379. The Kier molecular flexibility index (Phi) is 4.35. The summed E-state index contributed by atoms with van der Waals surface area (Å²) in [5.74, 6) is -1.05. The van der Waals surface area contributed by atoms with E-state index in [9.17, 15) is 14.3 Å². The number of benzene rings is 1. The van der Waals surface area contributed by atoms with Crippen molar-refractivity contribution in [3.05, 3.63) is 35.1 Å². The van der Waals surface area contributed by atoms with Crippen LogP contribution in [0.25, 0.3) is 0 Å². The number of hydrogen-bond acceptors (Lipinski definition) is 3. The Hall–Kier alpha value is -1.93. The second-order valence-corrected chi connectivity index (χ2v) is 5.34. The smallest absolute Gasteiger partial charge is 0.320 e. The molecule has 0 aromatic heterocycles. The van der Waals surface area contributed by atoms with Gasteiger partial charge in [0.1, 0.15) is 17.9 Å². The normalized spacial score (nSPS) is 23.2. The zero-order chi connectivity index (χ0) is 14.7. The minimum Gasteiger partial charge on any atom is -0.480 e. The van der Waals surface area contributed by atoms with E-state index >= 15 is 0 Å². The van der Waals surface area contributed by atoms with Gasteiger partial charge in [0.05, 0.1) is 5.56 Å². The molecule has 2 atom stereocenters. The van der Waals surface area contributed by atoms with E-state index in [2.05, 4.69) is 0 Å². The van der Waals surface area contributed by atoms with Crippen molar-refractivity contribution >= 4 is 5.97 Å². The second-order valence-electron chi connectivity index (χ2n) is 5.34. The highest BCUT2D eigenvalue weighted by molar-refractivity contribution is 5.73. The minimum atomic E-state index is -0.867. The van der Waals surface area contributed by atoms with Crippen molar-refractivity contribution in [2.75, 3.05) is 6.54 Å². The first kappa shape index (κ1) is 14.5. The van der Waals surface area contributed by atoms with E-state index in [1.807, 2.05) is 6.92 Å². The molecule has 1 aromatic rings. The van der Waals surface area contributed by atoms with Gasteiger partial charge in [0.2, 0.25) is 0 Å². The number of likely N-dealkylation sites (tertiary alicyclic amines) is 1. The third kappa shape index (κ3) is 2.97. The summed E-state index contributed by atoms with van der Waals surface area (Å²) in [6, 6.07) is 5.88. The maximum absolute atomic E-state index is 14.0. The molecule has 0 amide bonds. The van der Waals surface area contributed by atoms with Crippen molar-refractivity contribution in [2.24, 2.45) is 5.92 Å². The van der Waals surface area contributed by atoms with Crippen molar-refractivity contribution < 1.29 is 14.3 Å². The summed E-state index contributed by atoms with van der Waals surface area (Å²) in [6.45, 7) is 2.89. The number of piperidine rings is 1. The zero-order valence-corrected chi connectivity index (χ0v) is 11.3. The fourth-order valence-electron chi connectivity index (χ4n) is 2.64. The van der Waals surface area contributed by atoms with Gasteiger partial charge in [-0.1, -0.05) is 19.1 Å². The maximum atomic E-state index is 14.0. The lowest BCUT2D eigenvalue weighted by atomic mass is 9.92. The van der Waals surface area contributed by atoms with E-state index in [0.29, 0.717) is 24.4 Å².